The Morgan fingerprint density at radius 2 is 1.69 bits per heavy atom. The Morgan fingerprint density at radius 1 is 1.12 bits per heavy atom. The number of hydrogen-bond donors (Lipinski definition) is 1. The standard InChI is InChI=1S/C13H23N3/c1-5-16(4)13(10-14)11-6-8-12(9-7-11)15(2)3/h6-9,13H,5,10,14H2,1-4H3. The highest BCUT2D eigenvalue weighted by atomic mass is 15.1. The Morgan fingerprint density at radius 3 is 2.06 bits per heavy atom. The molecule has 3 heteroatoms. The summed E-state index contributed by atoms with van der Waals surface area (Å²) in [6.45, 7) is 3.82. The van der Waals surface area contributed by atoms with E-state index in [1.807, 2.05) is 14.1 Å². The van der Waals surface area contributed by atoms with E-state index in [1.165, 1.54) is 11.3 Å². The first kappa shape index (κ1) is 13.0. The van der Waals surface area contributed by atoms with Crippen molar-refractivity contribution in [2.75, 3.05) is 39.1 Å². The average molecular weight is 221 g/mol. The lowest BCUT2D eigenvalue weighted by atomic mass is 10.1. The van der Waals surface area contributed by atoms with Crippen molar-refractivity contribution in [3.8, 4) is 0 Å². The molecule has 90 valence electrons. The first-order chi connectivity index (χ1) is 7.60. The van der Waals surface area contributed by atoms with Crippen LogP contribution in [0.5, 0.6) is 0 Å². The number of likely N-dealkylation sites (N-methyl/N-ethyl adjacent to an activating group) is 1. The number of hydrogen-bond acceptors (Lipinski definition) is 3. The molecule has 1 aromatic carbocycles. The van der Waals surface area contributed by atoms with Crippen LogP contribution >= 0.6 is 0 Å². The molecule has 0 fully saturated rings. The molecule has 0 aliphatic rings. The smallest absolute Gasteiger partial charge is 0.0467 e. The zero-order valence-electron chi connectivity index (χ0n) is 10.8. The molecule has 1 atom stereocenters. The van der Waals surface area contributed by atoms with Gasteiger partial charge in [0, 0.05) is 32.4 Å². The predicted molar refractivity (Wildman–Crippen MR) is 70.9 cm³/mol. The van der Waals surface area contributed by atoms with Gasteiger partial charge in [-0.25, -0.2) is 0 Å². The Balaban J connectivity index is 2.86. The van der Waals surface area contributed by atoms with Gasteiger partial charge in [0.1, 0.15) is 0 Å². The van der Waals surface area contributed by atoms with Crippen LogP contribution in [0.15, 0.2) is 24.3 Å². The molecule has 3 nitrogen and oxygen atoms in total. The molecule has 0 saturated carbocycles. The number of nitrogens with zero attached hydrogens (tertiary/aromatic N) is 2. The minimum atomic E-state index is 0.321. The van der Waals surface area contributed by atoms with E-state index < -0.39 is 0 Å². The number of nitrogens with two attached hydrogens (primary N) is 1. The Kier molecular flexibility index (Phi) is 4.77. The molecule has 0 aliphatic carbocycles. The summed E-state index contributed by atoms with van der Waals surface area (Å²) in [7, 11) is 6.21. The van der Waals surface area contributed by atoms with Gasteiger partial charge in [0.05, 0.1) is 0 Å². The van der Waals surface area contributed by atoms with Crippen molar-refractivity contribution < 1.29 is 0 Å². The second-order valence-electron chi connectivity index (χ2n) is 4.31. The summed E-state index contributed by atoms with van der Waals surface area (Å²) in [5.41, 5.74) is 8.34. The number of rotatable bonds is 5. The van der Waals surface area contributed by atoms with Gasteiger partial charge in [-0.2, -0.15) is 0 Å². The van der Waals surface area contributed by atoms with Crippen LogP contribution in [0.1, 0.15) is 18.5 Å². The van der Waals surface area contributed by atoms with Gasteiger partial charge in [-0.3, -0.25) is 4.90 Å². The quantitative estimate of drug-likeness (QED) is 0.821. The first-order valence-corrected chi connectivity index (χ1v) is 5.77. The molecule has 1 aromatic rings. The fraction of sp³-hybridized carbons (Fsp3) is 0.538. The highest BCUT2D eigenvalue weighted by Gasteiger charge is 2.13. The van der Waals surface area contributed by atoms with E-state index in [9.17, 15) is 0 Å². The van der Waals surface area contributed by atoms with E-state index in [0.717, 1.165) is 6.54 Å². The van der Waals surface area contributed by atoms with Gasteiger partial charge >= 0.3 is 0 Å². The summed E-state index contributed by atoms with van der Waals surface area (Å²) in [5.74, 6) is 0. The van der Waals surface area contributed by atoms with Gasteiger partial charge < -0.3 is 10.6 Å². The topological polar surface area (TPSA) is 32.5 Å². The Labute approximate surface area is 98.8 Å². The molecule has 16 heavy (non-hydrogen) atoms. The maximum Gasteiger partial charge on any atom is 0.0467 e. The normalized spacial score (nSPS) is 12.9. The third-order valence-corrected chi connectivity index (χ3v) is 3.05. The van der Waals surface area contributed by atoms with Gasteiger partial charge in [-0.15, -0.1) is 0 Å². The summed E-state index contributed by atoms with van der Waals surface area (Å²) in [5, 5.41) is 0. The lowest BCUT2D eigenvalue weighted by Crippen LogP contribution is -2.30. The Hall–Kier alpha value is -1.06. The molecule has 0 amide bonds. The molecule has 0 saturated heterocycles. The first-order valence-electron chi connectivity index (χ1n) is 5.77. The van der Waals surface area contributed by atoms with E-state index in [2.05, 4.69) is 48.0 Å². The third-order valence-electron chi connectivity index (χ3n) is 3.05. The van der Waals surface area contributed by atoms with Crippen LogP contribution in [0, 0.1) is 0 Å². The number of benzene rings is 1. The minimum absolute atomic E-state index is 0.321. The maximum atomic E-state index is 5.83. The van der Waals surface area contributed by atoms with Crippen LogP contribution in [0.2, 0.25) is 0 Å². The summed E-state index contributed by atoms with van der Waals surface area (Å²) >= 11 is 0. The van der Waals surface area contributed by atoms with E-state index >= 15 is 0 Å². The zero-order chi connectivity index (χ0) is 12.1. The minimum Gasteiger partial charge on any atom is -0.378 e. The second kappa shape index (κ2) is 5.87. The van der Waals surface area contributed by atoms with Gasteiger partial charge in [-0.1, -0.05) is 19.1 Å². The lowest BCUT2D eigenvalue weighted by molar-refractivity contribution is 0.263. The summed E-state index contributed by atoms with van der Waals surface area (Å²) in [6, 6.07) is 8.93. The van der Waals surface area contributed by atoms with Crippen molar-refractivity contribution in [3.63, 3.8) is 0 Å². The van der Waals surface area contributed by atoms with E-state index in [0.29, 0.717) is 12.6 Å². The molecule has 0 spiro atoms. The molecule has 0 aliphatic heterocycles. The fourth-order valence-corrected chi connectivity index (χ4v) is 1.79. The molecule has 0 heterocycles. The van der Waals surface area contributed by atoms with Gasteiger partial charge in [-0.05, 0) is 31.3 Å². The zero-order valence-corrected chi connectivity index (χ0v) is 10.8. The molecular formula is C13H23N3. The molecule has 1 rings (SSSR count). The fourth-order valence-electron chi connectivity index (χ4n) is 1.79. The largest absolute Gasteiger partial charge is 0.378 e. The molecule has 2 N–H and O–H groups in total. The monoisotopic (exact) mass is 221 g/mol. The van der Waals surface area contributed by atoms with Crippen molar-refractivity contribution in [1.82, 2.24) is 4.90 Å². The maximum absolute atomic E-state index is 5.83. The molecular weight excluding hydrogens is 198 g/mol. The highest BCUT2D eigenvalue weighted by Crippen LogP contribution is 2.21. The van der Waals surface area contributed by atoms with Crippen molar-refractivity contribution in [1.29, 1.82) is 0 Å². The highest BCUT2D eigenvalue weighted by molar-refractivity contribution is 5.46. The van der Waals surface area contributed by atoms with Crippen LogP contribution in [-0.4, -0.2) is 39.1 Å². The van der Waals surface area contributed by atoms with Crippen LogP contribution < -0.4 is 10.6 Å². The van der Waals surface area contributed by atoms with Crippen molar-refractivity contribution in [2.24, 2.45) is 5.73 Å². The van der Waals surface area contributed by atoms with E-state index in [-0.39, 0.29) is 0 Å². The second-order valence-corrected chi connectivity index (χ2v) is 4.31. The SMILES string of the molecule is CCN(C)C(CN)c1ccc(N(C)C)cc1. The van der Waals surface area contributed by atoms with E-state index in [4.69, 9.17) is 5.73 Å². The summed E-state index contributed by atoms with van der Waals surface area (Å²) < 4.78 is 0. The van der Waals surface area contributed by atoms with Gasteiger partial charge in [0.25, 0.3) is 0 Å². The number of anilines is 1. The average Bonchev–Trinajstić information content (AvgIpc) is 2.30. The molecule has 0 radical (unpaired) electrons. The molecule has 1 unspecified atom stereocenters. The lowest BCUT2D eigenvalue weighted by Gasteiger charge is -2.26. The third kappa shape index (κ3) is 2.97. The van der Waals surface area contributed by atoms with Gasteiger partial charge in [0.2, 0.25) is 0 Å². The van der Waals surface area contributed by atoms with Crippen LogP contribution in [0.3, 0.4) is 0 Å². The summed E-state index contributed by atoms with van der Waals surface area (Å²) in [6.07, 6.45) is 0. The van der Waals surface area contributed by atoms with Crippen molar-refractivity contribution in [3.05, 3.63) is 29.8 Å². The Bertz CT molecular complexity index is 305. The van der Waals surface area contributed by atoms with E-state index in [1.54, 1.807) is 0 Å². The molecule has 0 aromatic heterocycles. The summed E-state index contributed by atoms with van der Waals surface area (Å²) in [4.78, 5) is 4.37. The van der Waals surface area contributed by atoms with Crippen LogP contribution in [0.25, 0.3) is 0 Å². The van der Waals surface area contributed by atoms with Crippen molar-refractivity contribution >= 4 is 5.69 Å². The van der Waals surface area contributed by atoms with Crippen molar-refractivity contribution in [2.45, 2.75) is 13.0 Å². The van der Waals surface area contributed by atoms with Crippen LogP contribution in [0.4, 0.5) is 5.69 Å². The van der Waals surface area contributed by atoms with Crippen LogP contribution in [-0.2, 0) is 0 Å². The predicted octanol–water partition coefficient (Wildman–Crippen LogP) is 1.70. The van der Waals surface area contributed by atoms with Gasteiger partial charge in [0.15, 0.2) is 0 Å². The molecule has 0 bridgehead atoms.